The van der Waals surface area contributed by atoms with E-state index < -0.39 is 5.41 Å². The van der Waals surface area contributed by atoms with Crippen LogP contribution in [0.2, 0.25) is 0 Å². The minimum Gasteiger partial charge on any atom is -0.404 e. The standard InChI is InChI=1S/C33H42N6O/c1-7-26(25(16-34)28-11-29(23(5)17-36-28)39-18-33(19-39)14-21(3)15-33)37-27-10-24(9-8-22(27)4)30(35)38-31(40)32(6)12-20(2)13-32/h8-11,16,20,23,37H,1,3,12-15,17-19,34H2,2,4-6H3,(H2,35,38,40)/b25-16-. The van der Waals surface area contributed by atoms with Gasteiger partial charge in [-0.25, -0.2) is 0 Å². The first-order valence-corrected chi connectivity index (χ1v) is 14.2. The molecule has 1 aromatic rings. The number of aryl methyl sites for hydroxylation is 1. The van der Waals surface area contributed by atoms with Gasteiger partial charge in [0.15, 0.2) is 0 Å². The summed E-state index contributed by atoms with van der Waals surface area (Å²) in [6, 6.07) is 5.74. The number of aliphatic imine (C=N–C) groups is 2. The molecule has 0 aromatic heterocycles. The molecule has 5 N–H and O–H groups in total. The Labute approximate surface area is 238 Å². The summed E-state index contributed by atoms with van der Waals surface area (Å²) in [7, 11) is 0. The molecule has 1 aromatic carbocycles. The van der Waals surface area contributed by atoms with Crippen LogP contribution in [0.3, 0.4) is 0 Å². The first kappa shape index (κ1) is 27.7. The molecule has 2 saturated carbocycles. The number of nitrogens with zero attached hydrogens (tertiary/aromatic N) is 3. The Bertz CT molecular complexity index is 1410. The fraction of sp³-hybridized carbons (Fsp3) is 0.455. The lowest BCUT2D eigenvalue weighted by Gasteiger charge is -2.59. The smallest absolute Gasteiger partial charge is 0.253 e. The molecule has 4 aliphatic rings. The number of carbonyl (C=O) groups excluding carboxylic acids is 1. The van der Waals surface area contributed by atoms with Crippen LogP contribution in [0.5, 0.6) is 0 Å². The summed E-state index contributed by atoms with van der Waals surface area (Å²) < 4.78 is 0. The van der Waals surface area contributed by atoms with Gasteiger partial charge in [0.1, 0.15) is 5.84 Å². The van der Waals surface area contributed by atoms with Crippen LogP contribution < -0.4 is 16.8 Å². The first-order valence-electron chi connectivity index (χ1n) is 14.2. The second-order valence-electron chi connectivity index (χ2n) is 12.8. The van der Waals surface area contributed by atoms with Crippen molar-refractivity contribution in [1.82, 2.24) is 4.90 Å². The van der Waals surface area contributed by atoms with Gasteiger partial charge in [0, 0.05) is 65.1 Å². The Morgan fingerprint density at radius 3 is 2.58 bits per heavy atom. The molecule has 2 aliphatic heterocycles. The van der Waals surface area contributed by atoms with Gasteiger partial charge in [-0.05, 0) is 56.2 Å². The van der Waals surface area contributed by atoms with Crippen molar-refractivity contribution in [3.63, 3.8) is 0 Å². The first-order chi connectivity index (χ1) is 19.0. The van der Waals surface area contributed by atoms with Crippen LogP contribution in [-0.2, 0) is 4.79 Å². The lowest BCUT2D eigenvalue weighted by Crippen LogP contribution is -2.60. The number of amides is 1. The maximum atomic E-state index is 12.8. The average Bonchev–Trinajstić information content (AvgIpc) is 2.86. The average molecular weight is 539 g/mol. The largest absolute Gasteiger partial charge is 0.404 e. The van der Waals surface area contributed by atoms with Gasteiger partial charge in [-0.2, -0.15) is 4.99 Å². The number of amidine groups is 1. The monoisotopic (exact) mass is 538 g/mol. The maximum absolute atomic E-state index is 12.8. The summed E-state index contributed by atoms with van der Waals surface area (Å²) in [5.41, 5.74) is 22.8. The molecule has 210 valence electrons. The van der Waals surface area contributed by atoms with Crippen molar-refractivity contribution in [2.45, 2.75) is 53.4 Å². The van der Waals surface area contributed by atoms with Gasteiger partial charge >= 0.3 is 0 Å². The fourth-order valence-electron chi connectivity index (χ4n) is 6.92. The van der Waals surface area contributed by atoms with Crippen molar-refractivity contribution in [3.05, 3.63) is 83.0 Å². The van der Waals surface area contributed by atoms with Gasteiger partial charge < -0.3 is 21.7 Å². The molecule has 40 heavy (non-hydrogen) atoms. The Kier molecular flexibility index (Phi) is 7.13. The second kappa shape index (κ2) is 10.3. The molecule has 2 aliphatic carbocycles. The van der Waals surface area contributed by atoms with E-state index in [-0.39, 0.29) is 11.7 Å². The number of nitrogens with two attached hydrogens (primary N) is 2. The van der Waals surface area contributed by atoms with Gasteiger partial charge in [-0.15, -0.1) is 5.73 Å². The van der Waals surface area contributed by atoms with Crippen LogP contribution in [0, 0.1) is 29.6 Å². The molecule has 1 saturated heterocycles. The van der Waals surface area contributed by atoms with E-state index in [1.54, 1.807) is 6.20 Å². The summed E-state index contributed by atoms with van der Waals surface area (Å²) in [4.78, 5) is 24.4. The Morgan fingerprint density at radius 2 is 1.98 bits per heavy atom. The molecule has 1 unspecified atom stereocenters. The van der Waals surface area contributed by atoms with Crippen LogP contribution in [0.4, 0.5) is 5.69 Å². The molecule has 3 fully saturated rings. The molecule has 0 radical (unpaired) electrons. The summed E-state index contributed by atoms with van der Waals surface area (Å²) in [6.07, 6.45) is 7.70. The Morgan fingerprint density at radius 1 is 1.27 bits per heavy atom. The molecular weight excluding hydrogens is 496 g/mol. The minimum atomic E-state index is -0.414. The topological polar surface area (TPSA) is 109 Å². The quantitative estimate of drug-likeness (QED) is 0.145. The van der Waals surface area contributed by atoms with Crippen LogP contribution in [0.15, 0.2) is 81.9 Å². The summed E-state index contributed by atoms with van der Waals surface area (Å²) in [6.45, 7) is 19.3. The van der Waals surface area contributed by atoms with Crippen molar-refractivity contribution in [3.8, 4) is 0 Å². The van der Waals surface area contributed by atoms with Crippen LogP contribution in [0.1, 0.15) is 57.6 Å². The molecule has 2 heterocycles. The number of rotatable bonds is 7. The van der Waals surface area contributed by atoms with Crippen molar-refractivity contribution in [2.24, 2.45) is 44.1 Å². The third-order valence-corrected chi connectivity index (χ3v) is 9.01. The SMILES string of the molecule is C=C=C(Nc1cc(C(N)=NC(=O)C2(C)CC(C)C2)ccc1C)/C(=C/N)C1=NCC(C)C(N2CC3(CC(=C)C3)C2)=C1. The van der Waals surface area contributed by atoms with E-state index in [1.807, 2.05) is 32.0 Å². The van der Waals surface area contributed by atoms with E-state index in [2.05, 4.69) is 54.0 Å². The lowest BCUT2D eigenvalue weighted by atomic mass is 9.61. The Balaban J connectivity index is 1.33. The zero-order valence-corrected chi connectivity index (χ0v) is 24.3. The number of benzene rings is 1. The lowest BCUT2D eigenvalue weighted by molar-refractivity contribution is -0.133. The highest BCUT2D eigenvalue weighted by atomic mass is 16.1. The van der Waals surface area contributed by atoms with Gasteiger partial charge in [0.25, 0.3) is 5.91 Å². The van der Waals surface area contributed by atoms with Gasteiger partial charge in [-0.1, -0.05) is 51.6 Å². The summed E-state index contributed by atoms with van der Waals surface area (Å²) in [5.74, 6) is 0.957. The zero-order chi connectivity index (χ0) is 28.8. The van der Waals surface area contributed by atoms with Crippen LogP contribution in [-0.4, -0.2) is 42.0 Å². The molecule has 1 amide bonds. The molecule has 1 spiro atoms. The van der Waals surface area contributed by atoms with Gasteiger partial charge in [-0.3, -0.25) is 9.79 Å². The van der Waals surface area contributed by atoms with Crippen molar-refractivity contribution in [2.75, 3.05) is 25.0 Å². The Hall–Kier alpha value is -3.83. The minimum absolute atomic E-state index is 0.152. The molecule has 1 atom stereocenters. The highest BCUT2D eigenvalue weighted by Gasteiger charge is 2.50. The zero-order valence-electron chi connectivity index (χ0n) is 24.3. The highest BCUT2D eigenvalue weighted by Crippen LogP contribution is 2.52. The number of anilines is 1. The van der Waals surface area contributed by atoms with Crippen molar-refractivity contribution >= 4 is 23.1 Å². The second-order valence-corrected chi connectivity index (χ2v) is 12.8. The number of dihydropyridines is 1. The van der Waals surface area contributed by atoms with E-state index in [1.165, 1.54) is 11.3 Å². The number of hydrogen-bond acceptors (Lipinski definition) is 5. The third-order valence-electron chi connectivity index (χ3n) is 9.01. The molecule has 7 heteroatoms. The number of allylic oxidation sites excluding steroid dienone is 3. The fourth-order valence-corrected chi connectivity index (χ4v) is 6.92. The van der Waals surface area contributed by atoms with E-state index >= 15 is 0 Å². The third kappa shape index (κ3) is 5.06. The van der Waals surface area contributed by atoms with E-state index in [0.717, 1.165) is 61.3 Å². The highest BCUT2D eigenvalue weighted by molar-refractivity contribution is 6.12. The van der Waals surface area contributed by atoms with E-state index in [0.29, 0.717) is 35.1 Å². The van der Waals surface area contributed by atoms with Crippen LogP contribution in [0.25, 0.3) is 0 Å². The summed E-state index contributed by atoms with van der Waals surface area (Å²) >= 11 is 0. The molecule has 0 bridgehead atoms. The number of nitrogens with one attached hydrogen (secondary N) is 1. The number of carbonyl (C=O) groups is 1. The van der Waals surface area contributed by atoms with Crippen LogP contribution >= 0.6 is 0 Å². The number of likely N-dealkylation sites (tertiary alicyclic amines) is 1. The van der Waals surface area contributed by atoms with E-state index in [9.17, 15) is 4.79 Å². The van der Waals surface area contributed by atoms with Gasteiger partial charge in [0.05, 0.1) is 11.4 Å². The van der Waals surface area contributed by atoms with Gasteiger partial charge in [0.2, 0.25) is 0 Å². The number of hydrogen-bond donors (Lipinski definition) is 3. The maximum Gasteiger partial charge on any atom is 0.253 e. The van der Waals surface area contributed by atoms with E-state index in [4.69, 9.17) is 16.5 Å². The molecular formula is C33H42N6O. The normalized spacial score (nSPS) is 27.5. The predicted molar refractivity (Wildman–Crippen MR) is 164 cm³/mol. The van der Waals surface area contributed by atoms with Crippen molar-refractivity contribution < 1.29 is 4.79 Å². The van der Waals surface area contributed by atoms with Crippen molar-refractivity contribution in [1.29, 1.82) is 0 Å². The predicted octanol–water partition coefficient (Wildman–Crippen LogP) is 5.21. The molecule has 5 rings (SSSR count). The summed E-state index contributed by atoms with van der Waals surface area (Å²) in [5, 5.41) is 3.44. The molecule has 7 nitrogen and oxygen atoms in total.